The second-order valence-electron chi connectivity index (χ2n) is 5.67. The van der Waals surface area contributed by atoms with Gasteiger partial charge in [0.25, 0.3) is 0 Å². The Balaban J connectivity index is 2.12. The molecule has 0 amide bonds. The van der Waals surface area contributed by atoms with Gasteiger partial charge in [0, 0.05) is 16.7 Å². The third kappa shape index (κ3) is 2.44. The zero-order chi connectivity index (χ0) is 14.8. The van der Waals surface area contributed by atoms with Crippen LogP contribution in [0.1, 0.15) is 36.1 Å². The van der Waals surface area contributed by atoms with Gasteiger partial charge in [0.1, 0.15) is 7.05 Å². The first-order chi connectivity index (χ1) is 10.2. The normalized spacial score (nSPS) is 18.0. The van der Waals surface area contributed by atoms with E-state index in [1.165, 1.54) is 28.0 Å². The molecule has 0 fully saturated rings. The van der Waals surface area contributed by atoms with Gasteiger partial charge in [0.15, 0.2) is 6.04 Å². The lowest BCUT2D eigenvalue weighted by Gasteiger charge is -2.10. The maximum Gasteiger partial charge on any atom is 0.210 e. The van der Waals surface area contributed by atoms with E-state index in [0.717, 1.165) is 6.42 Å². The summed E-state index contributed by atoms with van der Waals surface area (Å²) in [4.78, 5) is 0. The molecule has 1 unspecified atom stereocenters. The Morgan fingerprint density at radius 3 is 2.29 bits per heavy atom. The second-order valence-corrected chi connectivity index (χ2v) is 5.67. The van der Waals surface area contributed by atoms with Gasteiger partial charge in [-0.3, -0.25) is 0 Å². The summed E-state index contributed by atoms with van der Waals surface area (Å²) >= 11 is 0. The maximum absolute atomic E-state index is 2.42. The van der Waals surface area contributed by atoms with Crippen LogP contribution in [-0.2, 0) is 0 Å². The molecule has 0 radical (unpaired) electrons. The fourth-order valence-corrected chi connectivity index (χ4v) is 3.23. The highest BCUT2D eigenvalue weighted by Gasteiger charge is 2.32. The average Bonchev–Trinajstić information content (AvgIpc) is 2.85. The van der Waals surface area contributed by atoms with Crippen LogP contribution in [0, 0.1) is 6.92 Å². The average molecular weight is 276 g/mol. The molecule has 0 aliphatic carbocycles. The minimum Gasteiger partial charge on any atom is -0.221 e. The molecule has 0 aromatic heterocycles. The molecule has 0 spiro atoms. The summed E-state index contributed by atoms with van der Waals surface area (Å²) in [5.41, 5.74) is 6.87. The van der Waals surface area contributed by atoms with E-state index in [1.54, 1.807) is 0 Å². The number of hydrogen-bond donors (Lipinski definition) is 0. The van der Waals surface area contributed by atoms with Crippen molar-refractivity contribution >= 4 is 5.71 Å². The summed E-state index contributed by atoms with van der Waals surface area (Å²) in [6, 6.07) is 19.7. The Bertz CT molecular complexity index is 708. The molecule has 0 saturated carbocycles. The highest BCUT2D eigenvalue weighted by Crippen LogP contribution is 2.31. The van der Waals surface area contributed by atoms with Crippen molar-refractivity contribution < 1.29 is 4.58 Å². The number of rotatable bonds is 3. The third-order valence-electron chi connectivity index (χ3n) is 4.37. The lowest BCUT2D eigenvalue weighted by Crippen LogP contribution is -2.18. The van der Waals surface area contributed by atoms with Crippen LogP contribution < -0.4 is 0 Å². The molecule has 3 rings (SSSR count). The number of hydrogen-bond acceptors (Lipinski definition) is 0. The first-order valence-corrected chi connectivity index (χ1v) is 7.64. The SMILES string of the molecule is CCC1=CC(c2ccccc2C)[N+](C)=C1c1ccccc1. The summed E-state index contributed by atoms with van der Waals surface area (Å²) in [6.45, 7) is 4.44. The number of nitrogens with zero attached hydrogens (tertiary/aromatic N) is 1. The summed E-state index contributed by atoms with van der Waals surface area (Å²) in [5.74, 6) is 0. The monoisotopic (exact) mass is 276 g/mol. The fourth-order valence-electron chi connectivity index (χ4n) is 3.23. The van der Waals surface area contributed by atoms with Crippen LogP contribution in [0.3, 0.4) is 0 Å². The van der Waals surface area contributed by atoms with Crippen LogP contribution in [0.5, 0.6) is 0 Å². The van der Waals surface area contributed by atoms with Crippen molar-refractivity contribution in [2.24, 2.45) is 0 Å². The summed E-state index contributed by atoms with van der Waals surface area (Å²) in [5, 5.41) is 0. The zero-order valence-electron chi connectivity index (χ0n) is 13.0. The predicted octanol–water partition coefficient (Wildman–Crippen LogP) is 4.52. The first-order valence-electron chi connectivity index (χ1n) is 7.64. The molecular weight excluding hydrogens is 254 g/mol. The van der Waals surface area contributed by atoms with Gasteiger partial charge in [-0.05, 0) is 37.1 Å². The van der Waals surface area contributed by atoms with Crippen LogP contribution in [0.15, 0.2) is 66.2 Å². The van der Waals surface area contributed by atoms with Gasteiger partial charge in [0.05, 0.1) is 0 Å². The minimum absolute atomic E-state index is 0.344. The zero-order valence-corrected chi connectivity index (χ0v) is 13.0. The Kier molecular flexibility index (Phi) is 3.74. The first kappa shape index (κ1) is 13.8. The molecule has 0 saturated heterocycles. The number of aryl methyl sites for hydroxylation is 1. The number of benzene rings is 2. The summed E-state index contributed by atoms with van der Waals surface area (Å²) in [6.07, 6.45) is 3.49. The molecule has 2 aromatic rings. The smallest absolute Gasteiger partial charge is 0.210 e. The van der Waals surface area contributed by atoms with Gasteiger partial charge in [-0.15, -0.1) is 0 Å². The van der Waals surface area contributed by atoms with E-state index in [1.807, 2.05) is 0 Å². The number of likely N-dealkylation sites (N-methyl/N-ethyl adjacent to an activating group) is 1. The molecule has 1 atom stereocenters. The quantitative estimate of drug-likeness (QED) is 0.725. The molecule has 0 bridgehead atoms. The molecule has 1 heteroatoms. The van der Waals surface area contributed by atoms with Crippen LogP contribution >= 0.6 is 0 Å². The minimum atomic E-state index is 0.344. The van der Waals surface area contributed by atoms with E-state index in [2.05, 4.69) is 86.1 Å². The molecule has 2 aromatic carbocycles. The Morgan fingerprint density at radius 1 is 0.952 bits per heavy atom. The molecule has 21 heavy (non-hydrogen) atoms. The van der Waals surface area contributed by atoms with Gasteiger partial charge in [-0.2, -0.15) is 0 Å². The van der Waals surface area contributed by atoms with Crippen LogP contribution in [0.4, 0.5) is 0 Å². The summed E-state index contributed by atoms with van der Waals surface area (Å²) in [7, 11) is 2.21. The van der Waals surface area contributed by atoms with E-state index in [0.29, 0.717) is 6.04 Å². The van der Waals surface area contributed by atoms with Crippen LogP contribution in [0.25, 0.3) is 0 Å². The molecular formula is C20H22N+. The molecule has 1 heterocycles. The van der Waals surface area contributed by atoms with Crippen molar-refractivity contribution in [2.45, 2.75) is 26.3 Å². The highest BCUT2D eigenvalue weighted by atomic mass is 15.0. The van der Waals surface area contributed by atoms with Gasteiger partial charge < -0.3 is 0 Å². The van der Waals surface area contributed by atoms with E-state index in [4.69, 9.17) is 0 Å². The van der Waals surface area contributed by atoms with Crippen LogP contribution in [0.2, 0.25) is 0 Å². The largest absolute Gasteiger partial charge is 0.221 e. The van der Waals surface area contributed by atoms with Gasteiger partial charge >= 0.3 is 0 Å². The topological polar surface area (TPSA) is 3.01 Å². The van der Waals surface area contributed by atoms with Gasteiger partial charge in [-0.1, -0.05) is 49.4 Å². The van der Waals surface area contributed by atoms with Crippen molar-refractivity contribution in [2.75, 3.05) is 7.05 Å². The van der Waals surface area contributed by atoms with Gasteiger partial charge in [-0.25, -0.2) is 4.58 Å². The standard InChI is InChI=1S/C20H22N/c1-4-16-14-19(18-13-9-8-10-15(18)2)21(3)20(16)17-11-6-5-7-12-17/h5-14,19H,4H2,1-3H3/q+1. The number of allylic oxidation sites excluding steroid dienone is 1. The summed E-state index contributed by atoms with van der Waals surface area (Å²) < 4.78 is 2.41. The predicted molar refractivity (Wildman–Crippen MR) is 89.0 cm³/mol. The van der Waals surface area contributed by atoms with E-state index < -0.39 is 0 Å². The molecule has 1 aliphatic rings. The molecule has 106 valence electrons. The van der Waals surface area contributed by atoms with Crippen molar-refractivity contribution in [1.29, 1.82) is 0 Å². The fraction of sp³-hybridized carbons (Fsp3) is 0.250. The van der Waals surface area contributed by atoms with Crippen LogP contribution in [-0.4, -0.2) is 17.3 Å². The molecule has 1 nitrogen and oxygen atoms in total. The van der Waals surface area contributed by atoms with Crippen molar-refractivity contribution in [1.82, 2.24) is 0 Å². The Labute approximate surface area is 127 Å². The lowest BCUT2D eigenvalue weighted by atomic mass is 9.99. The van der Waals surface area contributed by atoms with E-state index >= 15 is 0 Å². The third-order valence-corrected chi connectivity index (χ3v) is 4.37. The van der Waals surface area contributed by atoms with E-state index in [-0.39, 0.29) is 0 Å². The highest BCUT2D eigenvalue weighted by molar-refractivity contribution is 6.10. The Morgan fingerprint density at radius 2 is 1.62 bits per heavy atom. The van der Waals surface area contributed by atoms with Crippen molar-refractivity contribution in [3.63, 3.8) is 0 Å². The van der Waals surface area contributed by atoms with Gasteiger partial charge in [0.2, 0.25) is 5.71 Å². The second kappa shape index (κ2) is 5.69. The van der Waals surface area contributed by atoms with E-state index in [9.17, 15) is 0 Å². The lowest BCUT2D eigenvalue weighted by molar-refractivity contribution is -0.527. The van der Waals surface area contributed by atoms with Crippen molar-refractivity contribution in [3.05, 3.63) is 82.9 Å². The molecule has 1 aliphatic heterocycles. The van der Waals surface area contributed by atoms with Crippen molar-refractivity contribution in [3.8, 4) is 0 Å². The molecule has 0 N–H and O–H groups in total. The maximum atomic E-state index is 2.42. The Hall–Kier alpha value is -2.15.